The van der Waals surface area contributed by atoms with Crippen LogP contribution in [0.15, 0.2) is 91.0 Å². The Kier molecular flexibility index (Phi) is 5.92. The Morgan fingerprint density at radius 1 is 0.786 bits per heavy atom. The SMILES string of the molecule is CC(C)(S)[C@@H](NC(c1ccccc1)(c1ccccc1)c1ccccc1)C(=O)O. The van der Waals surface area contributed by atoms with Crippen LogP contribution in [0.1, 0.15) is 30.5 Å². The third kappa shape index (κ3) is 3.98. The standard InChI is InChI=1S/C24H25NO2S/c1-23(2,28)21(22(26)27)25-24(18-12-6-3-7-13-18,19-14-8-4-9-15-19)20-16-10-5-11-17-20/h3-17,21,25,28H,1-2H3,(H,26,27)/t21-/m0/s1. The molecule has 0 spiro atoms. The van der Waals surface area contributed by atoms with Gasteiger partial charge >= 0.3 is 5.97 Å². The summed E-state index contributed by atoms with van der Waals surface area (Å²) in [6, 6.07) is 29.0. The molecule has 0 bridgehead atoms. The number of nitrogens with one attached hydrogen (secondary N) is 1. The molecule has 4 heteroatoms. The van der Waals surface area contributed by atoms with Gasteiger partial charge in [-0.1, -0.05) is 91.0 Å². The van der Waals surface area contributed by atoms with E-state index in [0.29, 0.717) is 0 Å². The number of thiol groups is 1. The molecule has 3 rings (SSSR count). The fourth-order valence-corrected chi connectivity index (χ4v) is 3.75. The molecule has 3 aromatic rings. The molecule has 0 aliphatic rings. The minimum Gasteiger partial charge on any atom is -0.480 e. The van der Waals surface area contributed by atoms with Crippen LogP contribution in [0.3, 0.4) is 0 Å². The highest BCUT2D eigenvalue weighted by molar-refractivity contribution is 7.81. The van der Waals surface area contributed by atoms with Crippen LogP contribution in [0.25, 0.3) is 0 Å². The van der Waals surface area contributed by atoms with E-state index >= 15 is 0 Å². The molecule has 1 atom stereocenters. The first-order valence-corrected chi connectivity index (χ1v) is 9.70. The first-order valence-electron chi connectivity index (χ1n) is 9.25. The summed E-state index contributed by atoms with van der Waals surface area (Å²) in [7, 11) is 0. The molecule has 144 valence electrons. The number of hydrogen-bond acceptors (Lipinski definition) is 3. The van der Waals surface area contributed by atoms with Gasteiger partial charge in [-0.25, -0.2) is 0 Å². The van der Waals surface area contributed by atoms with E-state index in [2.05, 4.69) is 17.9 Å². The van der Waals surface area contributed by atoms with Crippen LogP contribution in [-0.2, 0) is 10.3 Å². The molecule has 0 saturated heterocycles. The van der Waals surface area contributed by atoms with Crippen LogP contribution >= 0.6 is 12.6 Å². The average molecular weight is 392 g/mol. The number of benzene rings is 3. The van der Waals surface area contributed by atoms with Gasteiger partial charge in [0, 0.05) is 4.75 Å². The van der Waals surface area contributed by atoms with E-state index in [1.54, 1.807) is 0 Å². The lowest BCUT2D eigenvalue weighted by Crippen LogP contribution is -2.58. The third-order valence-corrected chi connectivity index (χ3v) is 5.19. The molecule has 3 nitrogen and oxygen atoms in total. The maximum Gasteiger partial charge on any atom is 0.322 e. The van der Waals surface area contributed by atoms with Gasteiger partial charge in [-0.15, -0.1) is 0 Å². The molecule has 0 fully saturated rings. The summed E-state index contributed by atoms with van der Waals surface area (Å²) in [5.41, 5.74) is 2.07. The quantitative estimate of drug-likeness (QED) is 0.403. The zero-order valence-electron chi connectivity index (χ0n) is 16.0. The Balaban J connectivity index is 2.33. The second-order valence-corrected chi connectivity index (χ2v) is 8.57. The van der Waals surface area contributed by atoms with Crippen molar-refractivity contribution in [2.45, 2.75) is 30.2 Å². The van der Waals surface area contributed by atoms with Gasteiger partial charge in [-0.05, 0) is 30.5 Å². The van der Waals surface area contributed by atoms with E-state index in [4.69, 9.17) is 0 Å². The summed E-state index contributed by atoms with van der Waals surface area (Å²) >= 11 is 4.59. The highest BCUT2D eigenvalue weighted by atomic mass is 32.1. The molecule has 0 aliphatic heterocycles. The third-order valence-electron chi connectivity index (χ3n) is 4.93. The lowest BCUT2D eigenvalue weighted by molar-refractivity contribution is -0.140. The van der Waals surface area contributed by atoms with Gasteiger partial charge in [0.05, 0.1) is 5.54 Å². The van der Waals surface area contributed by atoms with E-state index in [1.165, 1.54) is 0 Å². The van der Waals surface area contributed by atoms with Crippen LogP contribution < -0.4 is 5.32 Å². The van der Waals surface area contributed by atoms with Crippen LogP contribution in [0.4, 0.5) is 0 Å². The van der Waals surface area contributed by atoms with Gasteiger partial charge < -0.3 is 5.11 Å². The molecule has 0 heterocycles. The molecule has 2 N–H and O–H groups in total. The molecule has 28 heavy (non-hydrogen) atoms. The highest BCUT2D eigenvalue weighted by Gasteiger charge is 2.43. The number of aliphatic carboxylic acids is 1. The smallest absolute Gasteiger partial charge is 0.322 e. The monoisotopic (exact) mass is 391 g/mol. The molecule has 0 unspecified atom stereocenters. The van der Waals surface area contributed by atoms with Crippen LogP contribution in [0.2, 0.25) is 0 Å². The van der Waals surface area contributed by atoms with Crippen LogP contribution in [-0.4, -0.2) is 21.9 Å². The van der Waals surface area contributed by atoms with Crippen molar-refractivity contribution in [1.82, 2.24) is 5.32 Å². The van der Waals surface area contributed by atoms with Crippen molar-refractivity contribution in [3.05, 3.63) is 108 Å². The molecule has 0 aromatic heterocycles. The first kappa shape index (κ1) is 20.2. The van der Waals surface area contributed by atoms with E-state index in [9.17, 15) is 9.90 Å². The Hall–Kier alpha value is -2.56. The van der Waals surface area contributed by atoms with Gasteiger partial charge in [0.25, 0.3) is 0 Å². The van der Waals surface area contributed by atoms with Crippen molar-refractivity contribution in [2.75, 3.05) is 0 Å². The maximum absolute atomic E-state index is 12.2. The molecule has 0 aliphatic carbocycles. The molecular formula is C24H25NO2S. The zero-order valence-corrected chi connectivity index (χ0v) is 16.9. The van der Waals surface area contributed by atoms with Gasteiger partial charge in [-0.2, -0.15) is 12.6 Å². The maximum atomic E-state index is 12.2. The number of carboxylic acid groups (broad SMARTS) is 1. The molecule has 3 aromatic carbocycles. The molecule has 0 amide bonds. The van der Waals surface area contributed by atoms with Gasteiger partial charge in [0.2, 0.25) is 0 Å². The van der Waals surface area contributed by atoms with Gasteiger partial charge in [0.1, 0.15) is 6.04 Å². The predicted molar refractivity (Wildman–Crippen MR) is 117 cm³/mol. The summed E-state index contributed by atoms with van der Waals surface area (Å²) in [5.74, 6) is -0.938. The zero-order chi connectivity index (χ0) is 20.2. The average Bonchev–Trinajstić information content (AvgIpc) is 2.70. The van der Waals surface area contributed by atoms with Crippen LogP contribution in [0.5, 0.6) is 0 Å². The fraction of sp³-hybridized carbons (Fsp3) is 0.208. The fourth-order valence-electron chi connectivity index (χ4n) is 3.57. The minimum absolute atomic E-state index is 0.782. The van der Waals surface area contributed by atoms with E-state index < -0.39 is 22.3 Å². The summed E-state index contributed by atoms with van der Waals surface area (Å²) in [6.45, 7) is 3.63. The number of carboxylic acids is 1. The Labute approximate surface area is 171 Å². The van der Waals surface area contributed by atoms with E-state index in [-0.39, 0.29) is 0 Å². The predicted octanol–water partition coefficient (Wildman–Crippen LogP) is 4.73. The second kappa shape index (κ2) is 8.21. The van der Waals surface area contributed by atoms with Crippen molar-refractivity contribution in [2.24, 2.45) is 0 Å². The van der Waals surface area contributed by atoms with Gasteiger partial charge in [0.15, 0.2) is 0 Å². The van der Waals surface area contributed by atoms with Gasteiger partial charge in [-0.3, -0.25) is 10.1 Å². The summed E-state index contributed by atoms with van der Waals surface area (Å²) < 4.78 is -0.782. The lowest BCUT2D eigenvalue weighted by atomic mass is 9.76. The Morgan fingerprint density at radius 3 is 1.36 bits per heavy atom. The Morgan fingerprint density at radius 2 is 1.11 bits per heavy atom. The normalized spacial score (nSPS) is 13.1. The summed E-state index contributed by atoms with van der Waals surface area (Å²) in [4.78, 5) is 12.2. The van der Waals surface area contributed by atoms with Crippen molar-refractivity contribution in [3.8, 4) is 0 Å². The second-order valence-electron chi connectivity index (χ2n) is 7.42. The Bertz CT molecular complexity index is 809. The van der Waals surface area contributed by atoms with E-state index in [0.717, 1.165) is 16.7 Å². The molecule has 0 saturated carbocycles. The lowest BCUT2D eigenvalue weighted by Gasteiger charge is -2.42. The van der Waals surface area contributed by atoms with Crippen molar-refractivity contribution >= 4 is 18.6 Å². The van der Waals surface area contributed by atoms with Crippen molar-refractivity contribution in [1.29, 1.82) is 0 Å². The minimum atomic E-state index is -0.938. The largest absolute Gasteiger partial charge is 0.480 e. The summed E-state index contributed by atoms with van der Waals surface area (Å²) in [6.07, 6.45) is 0. The van der Waals surface area contributed by atoms with Crippen LogP contribution in [0, 0.1) is 0 Å². The van der Waals surface area contributed by atoms with Crippen molar-refractivity contribution in [3.63, 3.8) is 0 Å². The topological polar surface area (TPSA) is 49.3 Å². The number of carbonyl (C=O) groups is 1. The highest BCUT2D eigenvalue weighted by Crippen LogP contribution is 2.38. The molecule has 0 radical (unpaired) electrons. The summed E-state index contributed by atoms with van der Waals surface area (Å²) in [5, 5.41) is 13.5. The van der Waals surface area contributed by atoms with E-state index in [1.807, 2.05) is 105 Å². The number of hydrogen-bond donors (Lipinski definition) is 3. The first-order chi connectivity index (χ1) is 13.4. The molecular weight excluding hydrogens is 366 g/mol. The number of rotatable bonds is 7. The van der Waals surface area contributed by atoms with Crippen molar-refractivity contribution < 1.29 is 9.90 Å².